The van der Waals surface area contributed by atoms with Crippen LogP contribution >= 0.6 is 0 Å². The van der Waals surface area contributed by atoms with Crippen LogP contribution in [0.2, 0.25) is 0 Å². The Bertz CT molecular complexity index is 1310. The number of anilines is 2. The number of amides is 2. The van der Waals surface area contributed by atoms with Crippen LogP contribution in [0.25, 0.3) is 0 Å². The highest BCUT2D eigenvalue weighted by molar-refractivity contribution is 5.83. The molecule has 2 aromatic rings. The largest absolute Gasteiger partial charge is 0.423 e. The fourth-order valence-electron chi connectivity index (χ4n) is 4.86. The Morgan fingerprint density at radius 3 is 2.31 bits per heavy atom. The third-order valence-corrected chi connectivity index (χ3v) is 6.94. The van der Waals surface area contributed by atoms with Crippen molar-refractivity contribution >= 4 is 23.5 Å². The molecule has 0 saturated carbocycles. The molecule has 0 aliphatic carbocycles. The summed E-state index contributed by atoms with van der Waals surface area (Å²) in [5, 5.41) is 10.2. The standard InChI is InChI=1S/C24H28F6N8O4/c1-13(39)31-10-15(35-17-11-34-36-20(40)19(17)24(28,29)30)12-42-18-4-7-38(21(18)41)16-2-5-37(6-3-16)22-32-8-14(9-33-22)23(25,26)27/h8-9,11,15-16,18H,2-7,10,12H2,1H3,(H,31,39)(H2,35,36,40). The number of aromatic amines is 1. The van der Waals surface area contributed by atoms with Crippen LogP contribution in [0.4, 0.5) is 38.0 Å². The summed E-state index contributed by atoms with van der Waals surface area (Å²) in [6, 6.07) is -1.09. The van der Waals surface area contributed by atoms with Crippen LogP contribution in [0.3, 0.4) is 0 Å². The predicted molar refractivity (Wildman–Crippen MR) is 134 cm³/mol. The number of rotatable bonds is 9. The van der Waals surface area contributed by atoms with E-state index < -0.39 is 52.8 Å². The first kappa shape index (κ1) is 31.0. The van der Waals surface area contributed by atoms with E-state index in [1.165, 1.54) is 6.92 Å². The maximum absolute atomic E-state index is 13.5. The molecule has 0 radical (unpaired) electrons. The van der Waals surface area contributed by atoms with Crippen molar-refractivity contribution in [2.24, 2.45) is 0 Å². The lowest BCUT2D eigenvalue weighted by atomic mass is 10.0. The second-order valence-electron chi connectivity index (χ2n) is 9.89. The zero-order chi connectivity index (χ0) is 30.7. The topological polar surface area (TPSA) is 145 Å². The number of carbonyl (C=O) groups is 2. The Labute approximate surface area is 234 Å². The maximum atomic E-state index is 13.5. The van der Waals surface area contributed by atoms with Gasteiger partial charge in [0.05, 0.1) is 30.1 Å². The van der Waals surface area contributed by atoms with Crippen LogP contribution in [-0.2, 0) is 26.7 Å². The highest BCUT2D eigenvalue weighted by Gasteiger charge is 2.40. The summed E-state index contributed by atoms with van der Waals surface area (Å²) in [4.78, 5) is 47.4. The molecule has 2 aliphatic heterocycles. The fraction of sp³-hybridized carbons (Fsp3) is 0.583. The molecule has 4 heterocycles. The van der Waals surface area contributed by atoms with Gasteiger partial charge in [-0.25, -0.2) is 15.1 Å². The Balaban J connectivity index is 1.34. The summed E-state index contributed by atoms with van der Waals surface area (Å²) in [6.45, 7) is 2.01. The molecule has 4 rings (SSSR count). The molecule has 2 amide bonds. The van der Waals surface area contributed by atoms with Gasteiger partial charge in [0.15, 0.2) is 0 Å². The van der Waals surface area contributed by atoms with Crippen LogP contribution in [0.15, 0.2) is 23.4 Å². The summed E-state index contributed by atoms with van der Waals surface area (Å²) >= 11 is 0. The van der Waals surface area contributed by atoms with Gasteiger partial charge in [0.2, 0.25) is 11.9 Å². The number of aromatic nitrogens is 4. The van der Waals surface area contributed by atoms with Crippen LogP contribution in [0, 0.1) is 0 Å². The quantitative estimate of drug-likeness (QED) is 0.364. The number of H-pyrrole nitrogens is 1. The third-order valence-electron chi connectivity index (χ3n) is 6.94. The first-order valence-corrected chi connectivity index (χ1v) is 13.0. The lowest BCUT2D eigenvalue weighted by Crippen LogP contribution is -2.47. The molecule has 3 N–H and O–H groups in total. The Morgan fingerprint density at radius 1 is 1.05 bits per heavy atom. The van der Waals surface area contributed by atoms with Crippen molar-refractivity contribution in [2.45, 2.75) is 56.7 Å². The van der Waals surface area contributed by atoms with E-state index in [9.17, 15) is 40.7 Å². The molecule has 2 aliphatic rings. The predicted octanol–water partition coefficient (Wildman–Crippen LogP) is 1.80. The molecule has 2 aromatic heterocycles. The maximum Gasteiger partial charge on any atom is 0.423 e. The molecule has 18 heteroatoms. The number of piperidine rings is 1. The van der Waals surface area contributed by atoms with Crippen molar-refractivity contribution in [2.75, 3.05) is 43.0 Å². The second-order valence-corrected chi connectivity index (χ2v) is 9.89. The van der Waals surface area contributed by atoms with E-state index in [-0.39, 0.29) is 31.0 Å². The van der Waals surface area contributed by atoms with Gasteiger partial charge in [0.25, 0.3) is 11.5 Å². The molecule has 2 unspecified atom stereocenters. The van der Waals surface area contributed by atoms with Crippen LogP contribution in [0.5, 0.6) is 0 Å². The molecule has 230 valence electrons. The number of nitrogens with zero attached hydrogens (tertiary/aromatic N) is 5. The third kappa shape index (κ3) is 7.46. The van der Waals surface area contributed by atoms with Crippen LogP contribution in [-0.4, -0.2) is 87.9 Å². The van der Waals surface area contributed by atoms with E-state index in [0.29, 0.717) is 38.9 Å². The van der Waals surface area contributed by atoms with Gasteiger partial charge in [0, 0.05) is 58.0 Å². The summed E-state index contributed by atoms with van der Waals surface area (Å²) in [6.07, 6.45) is -6.77. The molecule has 0 aromatic carbocycles. The first-order chi connectivity index (χ1) is 19.7. The van der Waals surface area contributed by atoms with Crippen molar-refractivity contribution in [3.63, 3.8) is 0 Å². The van der Waals surface area contributed by atoms with Crippen molar-refractivity contribution in [3.8, 4) is 0 Å². The Kier molecular flexibility index (Phi) is 9.22. The van der Waals surface area contributed by atoms with E-state index in [1.54, 1.807) is 14.9 Å². The van der Waals surface area contributed by atoms with Crippen LogP contribution < -0.4 is 21.1 Å². The number of hydrogen-bond acceptors (Lipinski definition) is 9. The van der Waals surface area contributed by atoms with Crippen molar-refractivity contribution in [3.05, 3.63) is 40.1 Å². The van der Waals surface area contributed by atoms with Gasteiger partial charge < -0.3 is 25.2 Å². The number of halogens is 6. The molecule has 2 atom stereocenters. The highest BCUT2D eigenvalue weighted by Crippen LogP contribution is 2.32. The molecule has 12 nitrogen and oxygen atoms in total. The van der Waals surface area contributed by atoms with Gasteiger partial charge in [-0.3, -0.25) is 14.4 Å². The van der Waals surface area contributed by atoms with Crippen molar-refractivity contribution in [1.82, 2.24) is 30.4 Å². The number of alkyl halides is 6. The average Bonchev–Trinajstić information content (AvgIpc) is 3.29. The van der Waals surface area contributed by atoms with Crippen LogP contribution in [0.1, 0.15) is 37.3 Å². The van der Waals surface area contributed by atoms with Crippen molar-refractivity contribution in [1.29, 1.82) is 0 Å². The summed E-state index contributed by atoms with van der Waals surface area (Å²) < 4.78 is 84.5. The summed E-state index contributed by atoms with van der Waals surface area (Å²) in [7, 11) is 0. The zero-order valence-corrected chi connectivity index (χ0v) is 22.3. The minimum absolute atomic E-state index is 0.151. The van der Waals surface area contributed by atoms with E-state index in [1.807, 2.05) is 0 Å². The Morgan fingerprint density at radius 2 is 1.71 bits per heavy atom. The molecular formula is C24H28F6N8O4. The van der Waals surface area contributed by atoms with E-state index in [4.69, 9.17) is 4.74 Å². The normalized spacial score (nSPS) is 19.2. The monoisotopic (exact) mass is 606 g/mol. The molecule has 0 spiro atoms. The molecule has 2 saturated heterocycles. The Hall–Kier alpha value is -3.96. The van der Waals surface area contributed by atoms with Gasteiger partial charge in [-0.1, -0.05) is 0 Å². The van der Waals surface area contributed by atoms with Crippen molar-refractivity contribution < 1.29 is 40.7 Å². The first-order valence-electron chi connectivity index (χ1n) is 13.0. The lowest BCUT2D eigenvalue weighted by Gasteiger charge is -2.36. The number of nitrogens with one attached hydrogen (secondary N) is 3. The zero-order valence-electron chi connectivity index (χ0n) is 22.3. The lowest BCUT2D eigenvalue weighted by molar-refractivity contribution is -0.140. The number of ether oxygens (including phenoxy) is 1. The van der Waals surface area contributed by atoms with Gasteiger partial charge >= 0.3 is 12.4 Å². The molecule has 2 fully saturated rings. The van der Waals surface area contributed by atoms with Gasteiger partial charge in [-0.05, 0) is 12.8 Å². The minimum Gasteiger partial charge on any atom is -0.376 e. The molecule has 0 bridgehead atoms. The average molecular weight is 607 g/mol. The summed E-state index contributed by atoms with van der Waals surface area (Å²) in [5.74, 6) is -0.582. The van der Waals surface area contributed by atoms with Gasteiger partial charge in [0.1, 0.15) is 11.7 Å². The summed E-state index contributed by atoms with van der Waals surface area (Å²) in [5.41, 5.74) is -4.47. The molecule has 42 heavy (non-hydrogen) atoms. The van der Waals surface area contributed by atoms with Gasteiger partial charge in [-0.2, -0.15) is 31.4 Å². The number of carbonyl (C=O) groups excluding carboxylic acids is 2. The SMILES string of the molecule is CC(=O)NCC(COC1CCN(C2CCN(c3ncc(C(F)(F)F)cn3)CC2)C1=O)Nc1cn[nH]c(=O)c1C(F)(F)F. The molecular weight excluding hydrogens is 578 g/mol. The van der Waals surface area contributed by atoms with E-state index in [0.717, 1.165) is 18.6 Å². The van der Waals surface area contributed by atoms with E-state index >= 15 is 0 Å². The number of hydrogen-bond donors (Lipinski definition) is 3. The number of likely N-dealkylation sites (tertiary alicyclic amines) is 1. The van der Waals surface area contributed by atoms with Gasteiger partial charge in [-0.15, -0.1) is 0 Å². The minimum atomic E-state index is -4.98. The highest BCUT2D eigenvalue weighted by atomic mass is 19.4. The smallest absolute Gasteiger partial charge is 0.376 e. The fourth-order valence-corrected chi connectivity index (χ4v) is 4.86. The second kappa shape index (κ2) is 12.5. The van der Waals surface area contributed by atoms with E-state index in [2.05, 4.69) is 25.7 Å².